The third-order valence-corrected chi connectivity index (χ3v) is 4.23. The van der Waals surface area contributed by atoms with Gasteiger partial charge in [0.25, 0.3) is 0 Å². The zero-order valence-corrected chi connectivity index (χ0v) is 13.1. The number of pyridine rings is 1. The Morgan fingerprint density at radius 3 is 2.48 bits per heavy atom. The highest BCUT2D eigenvalue weighted by atomic mass is 16.5. The molecule has 1 aliphatic carbocycles. The summed E-state index contributed by atoms with van der Waals surface area (Å²) in [6, 6.07) is 5.10. The molecular formula is C18H19NO4. The molecule has 0 amide bonds. The first-order valence-corrected chi connectivity index (χ1v) is 7.86. The number of ether oxygens (including phenoxy) is 2. The minimum atomic E-state index is -0.542. The van der Waals surface area contributed by atoms with Crippen LogP contribution in [0.5, 0.6) is 0 Å². The number of carbonyl (C=O) groups is 2. The lowest BCUT2D eigenvalue weighted by Crippen LogP contribution is -2.22. The van der Waals surface area contributed by atoms with Gasteiger partial charge in [-0.3, -0.25) is 4.98 Å². The third-order valence-electron chi connectivity index (χ3n) is 4.23. The van der Waals surface area contributed by atoms with Crippen molar-refractivity contribution in [3.8, 4) is 0 Å². The monoisotopic (exact) mass is 313 g/mol. The summed E-state index contributed by atoms with van der Waals surface area (Å²) in [5, 5.41) is 1.62. The average Bonchev–Trinajstić information content (AvgIpc) is 2.60. The Morgan fingerprint density at radius 1 is 1.04 bits per heavy atom. The molecule has 120 valence electrons. The van der Waals surface area contributed by atoms with Crippen molar-refractivity contribution in [3.05, 3.63) is 41.7 Å². The lowest BCUT2D eigenvalue weighted by atomic mass is 9.97. The molecule has 1 aromatic carbocycles. The molecule has 0 saturated heterocycles. The SMILES string of the molecule is COC(=O)c1cc2ccncc2cc1C(=O)OC1CCCCC1. The summed E-state index contributed by atoms with van der Waals surface area (Å²) in [7, 11) is 1.30. The van der Waals surface area contributed by atoms with Crippen LogP contribution in [0.4, 0.5) is 0 Å². The number of fused-ring (bicyclic) bond motifs is 1. The zero-order valence-electron chi connectivity index (χ0n) is 13.1. The van der Waals surface area contributed by atoms with Gasteiger partial charge in [-0.25, -0.2) is 9.59 Å². The van der Waals surface area contributed by atoms with E-state index < -0.39 is 11.9 Å². The van der Waals surface area contributed by atoms with E-state index in [0.717, 1.165) is 36.5 Å². The summed E-state index contributed by atoms with van der Waals surface area (Å²) in [6.45, 7) is 0. The van der Waals surface area contributed by atoms with Crippen molar-refractivity contribution < 1.29 is 19.1 Å². The largest absolute Gasteiger partial charge is 0.465 e. The van der Waals surface area contributed by atoms with Crippen LogP contribution in [0.1, 0.15) is 52.8 Å². The van der Waals surface area contributed by atoms with Crippen LogP contribution in [0.25, 0.3) is 10.8 Å². The van der Waals surface area contributed by atoms with Crippen LogP contribution in [-0.4, -0.2) is 30.1 Å². The van der Waals surface area contributed by atoms with Crippen molar-refractivity contribution in [2.75, 3.05) is 7.11 Å². The summed E-state index contributed by atoms with van der Waals surface area (Å²) in [6.07, 6.45) is 8.34. The lowest BCUT2D eigenvalue weighted by Gasteiger charge is -2.22. The van der Waals surface area contributed by atoms with Crippen LogP contribution in [-0.2, 0) is 9.47 Å². The smallest absolute Gasteiger partial charge is 0.339 e. The molecule has 0 spiro atoms. The van der Waals surface area contributed by atoms with Gasteiger partial charge in [-0.2, -0.15) is 0 Å². The molecular weight excluding hydrogens is 294 g/mol. The van der Waals surface area contributed by atoms with E-state index in [9.17, 15) is 9.59 Å². The molecule has 5 heteroatoms. The molecule has 1 heterocycles. The van der Waals surface area contributed by atoms with Crippen molar-refractivity contribution in [2.45, 2.75) is 38.2 Å². The second kappa shape index (κ2) is 6.77. The molecule has 0 unspecified atom stereocenters. The van der Waals surface area contributed by atoms with Crippen LogP contribution < -0.4 is 0 Å². The fourth-order valence-electron chi connectivity index (χ4n) is 2.98. The van der Waals surface area contributed by atoms with Gasteiger partial charge in [0.05, 0.1) is 18.2 Å². The fraction of sp³-hybridized carbons (Fsp3) is 0.389. The summed E-state index contributed by atoms with van der Waals surface area (Å²) >= 11 is 0. The van der Waals surface area contributed by atoms with Gasteiger partial charge in [-0.1, -0.05) is 6.42 Å². The van der Waals surface area contributed by atoms with Gasteiger partial charge in [0, 0.05) is 17.8 Å². The van der Waals surface area contributed by atoms with Gasteiger partial charge < -0.3 is 9.47 Å². The second-order valence-corrected chi connectivity index (χ2v) is 5.78. The Morgan fingerprint density at radius 2 is 1.74 bits per heavy atom. The maximum absolute atomic E-state index is 12.5. The van der Waals surface area contributed by atoms with Gasteiger partial charge >= 0.3 is 11.9 Å². The number of methoxy groups -OCH3 is 1. The summed E-state index contributed by atoms with van der Waals surface area (Å²) in [5.74, 6) is -1.01. The minimum Gasteiger partial charge on any atom is -0.465 e. The highest BCUT2D eigenvalue weighted by molar-refractivity contribution is 6.07. The summed E-state index contributed by atoms with van der Waals surface area (Å²) in [4.78, 5) is 28.6. The Bertz CT molecular complexity index is 735. The summed E-state index contributed by atoms with van der Waals surface area (Å²) < 4.78 is 10.4. The van der Waals surface area contributed by atoms with E-state index in [2.05, 4.69) is 4.98 Å². The van der Waals surface area contributed by atoms with Crippen molar-refractivity contribution in [1.29, 1.82) is 0 Å². The third kappa shape index (κ3) is 3.33. The Kier molecular flexibility index (Phi) is 4.55. The molecule has 0 bridgehead atoms. The van der Waals surface area contributed by atoms with E-state index in [1.165, 1.54) is 13.5 Å². The van der Waals surface area contributed by atoms with E-state index in [-0.39, 0.29) is 17.2 Å². The van der Waals surface area contributed by atoms with Crippen molar-refractivity contribution in [2.24, 2.45) is 0 Å². The fourth-order valence-corrected chi connectivity index (χ4v) is 2.98. The van der Waals surface area contributed by atoms with Gasteiger partial charge in [0.2, 0.25) is 0 Å². The maximum Gasteiger partial charge on any atom is 0.339 e. The van der Waals surface area contributed by atoms with Crippen LogP contribution >= 0.6 is 0 Å². The number of esters is 2. The molecule has 2 aromatic rings. The normalized spacial score (nSPS) is 15.3. The molecule has 5 nitrogen and oxygen atoms in total. The highest BCUT2D eigenvalue weighted by Crippen LogP contribution is 2.25. The van der Waals surface area contributed by atoms with Gasteiger partial charge in [0.1, 0.15) is 6.10 Å². The molecule has 1 fully saturated rings. The minimum absolute atomic E-state index is 0.0636. The van der Waals surface area contributed by atoms with E-state index in [0.29, 0.717) is 0 Å². The molecule has 23 heavy (non-hydrogen) atoms. The molecule has 1 aromatic heterocycles. The molecule has 1 saturated carbocycles. The van der Waals surface area contributed by atoms with Crippen molar-refractivity contribution >= 4 is 22.7 Å². The Labute approximate surface area is 134 Å². The number of nitrogens with zero attached hydrogens (tertiary/aromatic N) is 1. The van der Waals surface area contributed by atoms with Gasteiger partial charge in [-0.05, 0) is 49.3 Å². The first kappa shape index (κ1) is 15.5. The molecule has 0 aliphatic heterocycles. The van der Waals surface area contributed by atoms with E-state index in [1.807, 2.05) is 0 Å². The standard InChI is InChI=1S/C18H19NO4/c1-22-17(20)15-9-12-7-8-19-11-13(12)10-16(15)18(21)23-14-5-3-2-4-6-14/h7-11,14H,2-6H2,1H3. The molecule has 1 aliphatic rings. The van der Waals surface area contributed by atoms with Crippen LogP contribution in [0.2, 0.25) is 0 Å². The first-order chi connectivity index (χ1) is 11.2. The van der Waals surface area contributed by atoms with Crippen LogP contribution in [0, 0.1) is 0 Å². The first-order valence-electron chi connectivity index (χ1n) is 7.86. The number of carbonyl (C=O) groups excluding carboxylic acids is 2. The van der Waals surface area contributed by atoms with Gasteiger partial charge in [-0.15, -0.1) is 0 Å². The number of hydrogen-bond acceptors (Lipinski definition) is 5. The number of aromatic nitrogens is 1. The van der Waals surface area contributed by atoms with Crippen molar-refractivity contribution in [1.82, 2.24) is 4.98 Å². The zero-order chi connectivity index (χ0) is 16.2. The predicted molar refractivity (Wildman–Crippen MR) is 85.4 cm³/mol. The summed E-state index contributed by atoms with van der Waals surface area (Å²) in [5.41, 5.74) is 0.468. The van der Waals surface area contributed by atoms with E-state index >= 15 is 0 Å². The molecule has 0 radical (unpaired) electrons. The number of hydrogen-bond donors (Lipinski definition) is 0. The van der Waals surface area contributed by atoms with Crippen molar-refractivity contribution in [3.63, 3.8) is 0 Å². The Hall–Kier alpha value is -2.43. The van der Waals surface area contributed by atoms with Crippen LogP contribution in [0.3, 0.4) is 0 Å². The predicted octanol–water partition coefficient (Wildman–Crippen LogP) is 3.51. The highest BCUT2D eigenvalue weighted by Gasteiger charge is 2.24. The molecule has 0 atom stereocenters. The number of benzene rings is 1. The quantitative estimate of drug-likeness (QED) is 0.811. The van der Waals surface area contributed by atoms with Crippen LogP contribution in [0.15, 0.2) is 30.6 Å². The molecule has 0 N–H and O–H groups in total. The average molecular weight is 313 g/mol. The second-order valence-electron chi connectivity index (χ2n) is 5.78. The lowest BCUT2D eigenvalue weighted by molar-refractivity contribution is 0.0206. The maximum atomic E-state index is 12.5. The van der Waals surface area contributed by atoms with E-state index in [4.69, 9.17) is 9.47 Å². The van der Waals surface area contributed by atoms with Gasteiger partial charge in [0.15, 0.2) is 0 Å². The Balaban J connectivity index is 1.96. The topological polar surface area (TPSA) is 65.5 Å². The number of rotatable bonds is 3. The molecule has 3 rings (SSSR count). The van der Waals surface area contributed by atoms with E-state index in [1.54, 1.807) is 30.6 Å².